The van der Waals surface area contributed by atoms with Crippen LogP contribution in [0.3, 0.4) is 0 Å². The molecule has 0 aliphatic rings. The first-order chi connectivity index (χ1) is 20.4. The zero-order chi connectivity index (χ0) is 29.2. The number of carboxylic acid groups (broad SMARTS) is 1. The molecule has 0 unspecified atom stereocenters. The number of carbonyl (C=O) groups is 1. The van der Waals surface area contributed by atoms with Crippen LogP contribution in [-0.4, -0.2) is 25.3 Å². The molecule has 4 aromatic carbocycles. The van der Waals surface area contributed by atoms with E-state index < -0.39 is 5.97 Å². The van der Waals surface area contributed by atoms with E-state index in [4.69, 9.17) is 14.7 Å². The number of fused-ring (bicyclic) bond motifs is 2. The maximum Gasteiger partial charge on any atom is 0.346 e. The zero-order valence-electron chi connectivity index (χ0n) is 22.7. The molecule has 0 saturated heterocycles. The van der Waals surface area contributed by atoms with Crippen LogP contribution < -0.4 is 14.4 Å². The summed E-state index contributed by atoms with van der Waals surface area (Å²) < 4.78 is 12.9. The molecule has 2 aromatic heterocycles. The van der Waals surface area contributed by atoms with Crippen LogP contribution in [-0.2, 0) is 4.79 Å². The Morgan fingerprint density at radius 2 is 1.26 bits per heavy atom. The lowest BCUT2D eigenvalue weighted by Crippen LogP contribution is -2.09. The van der Waals surface area contributed by atoms with Gasteiger partial charge in [0.15, 0.2) is 0 Å². The standard InChI is InChI=1S/C34H24N2O4S2/c1-39-28-11-7-26(8-12-28)36(27-9-13-29(40-2)14-10-27)25-5-3-21(4-6-25)31-18-23-19-32-22(17-33(23)42-31)15-30(41-32)16-24(20-35)34(37)38/h3-19H,1-2H3,(H,37,38). The maximum atomic E-state index is 11.2. The molecule has 0 amide bonds. The highest BCUT2D eigenvalue weighted by Gasteiger charge is 2.15. The number of methoxy groups -OCH3 is 2. The fourth-order valence-electron chi connectivity index (χ4n) is 4.77. The Hall–Kier alpha value is -5.10. The Kier molecular flexibility index (Phi) is 7.36. The first-order valence-electron chi connectivity index (χ1n) is 13.0. The molecule has 0 aliphatic carbocycles. The second-order valence-corrected chi connectivity index (χ2v) is 11.6. The van der Waals surface area contributed by atoms with Crippen LogP contribution in [0.5, 0.6) is 11.5 Å². The van der Waals surface area contributed by atoms with Gasteiger partial charge in [-0.2, -0.15) is 5.26 Å². The summed E-state index contributed by atoms with van der Waals surface area (Å²) in [6.07, 6.45) is 1.43. The molecule has 8 heteroatoms. The molecule has 206 valence electrons. The first-order valence-corrected chi connectivity index (χ1v) is 14.6. The van der Waals surface area contributed by atoms with Gasteiger partial charge in [0.25, 0.3) is 0 Å². The number of hydrogen-bond donors (Lipinski definition) is 1. The largest absolute Gasteiger partial charge is 0.497 e. The monoisotopic (exact) mass is 588 g/mol. The van der Waals surface area contributed by atoms with Gasteiger partial charge in [-0.05, 0) is 107 Å². The van der Waals surface area contributed by atoms with Crippen molar-refractivity contribution in [2.75, 3.05) is 19.1 Å². The highest BCUT2D eigenvalue weighted by Crippen LogP contribution is 2.41. The average Bonchev–Trinajstić information content (AvgIpc) is 3.62. The Morgan fingerprint density at radius 1 is 0.762 bits per heavy atom. The van der Waals surface area contributed by atoms with Crippen molar-refractivity contribution in [3.8, 4) is 28.0 Å². The van der Waals surface area contributed by atoms with Gasteiger partial charge in [0.05, 0.1) is 14.2 Å². The molecule has 0 atom stereocenters. The van der Waals surface area contributed by atoms with Gasteiger partial charge in [0, 0.05) is 36.2 Å². The number of carboxylic acids is 1. The smallest absolute Gasteiger partial charge is 0.346 e. The van der Waals surface area contributed by atoms with Crippen molar-refractivity contribution in [3.63, 3.8) is 0 Å². The van der Waals surface area contributed by atoms with Crippen LogP contribution in [0.4, 0.5) is 17.1 Å². The first kappa shape index (κ1) is 27.1. The number of hydrogen-bond acceptors (Lipinski definition) is 7. The molecule has 6 nitrogen and oxygen atoms in total. The molecule has 0 bridgehead atoms. The Balaban J connectivity index is 1.33. The molecule has 0 aliphatic heterocycles. The van der Waals surface area contributed by atoms with E-state index in [0.717, 1.165) is 64.1 Å². The molecule has 0 fully saturated rings. The summed E-state index contributed by atoms with van der Waals surface area (Å²) in [5.74, 6) is 0.379. The molecule has 42 heavy (non-hydrogen) atoms. The summed E-state index contributed by atoms with van der Waals surface area (Å²) in [6, 6.07) is 34.6. The second-order valence-electron chi connectivity index (χ2n) is 9.44. The topological polar surface area (TPSA) is 82.8 Å². The van der Waals surface area contributed by atoms with Crippen molar-refractivity contribution in [2.24, 2.45) is 0 Å². The molecule has 0 radical (unpaired) electrons. The normalized spacial score (nSPS) is 11.4. The molecule has 6 rings (SSSR count). The van der Waals surface area contributed by atoms with Crippen LogP contribution in [0.1, 0.15) is 4.88 Å². The van der Waals surface area contributed by atoms with E-state index in [-0.39, 0.29) is 5.57 Å². The minimum Gasteiger partial charge on any atom is -0.497 e. The third kappa shape index (κ3) is 5.31. The van der Waals surface area contributed by atoms with Crippen molar-refractivity contribution in [3.05, 3.63) is 108 Å². The molecule has 0 spiro atoms. The van der Waals surface area contributed by atoms with E-state index in [1.807, 2.05) is 54.6 Å². The summed E-state index contributed by atoms with van der Waals surface area (Å²) >= 11 is 3.19. The summed E-state index contributed by atoms with van der Waals surface area (Å²) in [4.78, 5) is 15.3. The van der Waals surface area contributed by atoms with Crippen LogP contribution >= 0.6 is 22.7 Å². The quantitative estimate of drug-likeness (QED) is 0.141. The van der Waals surface area contributed by atoms with E-state index in [0.29, 0.717) is 0 Å². The fourth-order valence-corrected chi connectivity index (χ4v) is 6.91. The van der Waals surface area contributed by atoms with Crippen molar-refractivity contribution in [1.29, 1.82) is 5.26 Å². The third-order valence-electron chi connectivity index (χ3n) is 6.88. The predicted octanol–water partition coefficient (Wildman–Crippen LogP) is 9.26. The Labute approximate surface area is 250 Å². The third-order valence-corrected chi connectivity index (χ3v) is 9.07. The Bertz CT molecular complexity index is 1880. The SMILES string of the molecule is COc1ccc(N(c2ccc(OC)cc2)c2ccc(-c3cc4cc5sc(C=C(C#N)C(=O)O)cc5cc4s3)cc2)cc1. The van der Waals surface area contributed by atoms with Gasteiger partial charge in [0.2, 0.25) is 0 Å². The van der Waals surface area contributed by atoms with Crippen LogP contribution in [0, 0.1) is 11.3 Å². The number of ether oxygens (including phenoxy) is 2. The molecule has 1 N–H and O–H groups in total. The lowest BCUT2D eigenvalue weighted by Gasteiger charge is -2.26. The van der Waals surface area contributed by atoms with Crippen LogP contribution in [0.15, 0.2) is 103 Å². The van der Waals surface area contributed by atoms with Crippen molar-refractivity contribution < 1.29 is 19.4 Å². The van der Waals surface area contributed by atoms with Gasteiger partial charge in [-0.3, -0.25) is 0 Å². The summed E-state index contributed by atoms with van der Waals surface area (Å²) in [6.45, 7) is 0. The van der Waals surface area contributed by atoms with Crippen LogP contribution in [0.2, 0.25) is 0 Å². The zero-order valence-corrected chi connectivity index (χ0v) is 24.3. The van der Waals surface area contributed by atoms with Gasteiger partial charge in [-0.15, -0.1) is 22.7 Å². The number of benzene rings is 4. The summed E-state index contributed by atoms with van der Waals surface area (Å²) in [5, 5.41) is 20.4. The van der Waals surface area contributed by atoms with Gasteiger partial charge in [-0.1, -0.05) is 12.1 Å². The van der Waals surface area contributed by atoms with E-state index in [1.54, 1.807) is 31.6 Å². The van der Waals surface area contributed by atoms with Gasteiger partial charge < -0.3 is 19.5 Å². The highest BCUT2D eigenvalue weighted by atomic mass is 32.1. The van der Waals surface area contributed by atoms with E-state index in [2.05, 4.69) is 47.4 Å². The van der Waals surface area contributed by atoms with Crippen molar-refractivity contribution in [2.45, 2.75) is 0 Å². The molecular weight excluding hydrogens is 565 g/mol. The molecular formula is C34H24N2O4S2. The van der Waals surface area contributed by atoms with Crippen molar-refractivity contribution >= 4 is 72.0 Å². The van der Waals surface area contributed by atoms with E-state index >= 15 is 0 Å². The number of nitriles is 1. The number of nitrogens with zero attached hydrogens (tertiary/aromatic N) is 2. The number of aliphatic carboxylic acids is 1. The average molecular weight is 589 g/mol. The van der Waals surface area contributed by atoms with Crippen molar-refractivity contribution in [1.82, 2.24) is 0 Å². The second kappa shape index (κ2) is 11.4. The summed E-state index contributed by atoms with van der Waals surface area (Å²) in [7, 11) is 3.32. The predicted molar refractivity (Wildman–Crippen MR) is 172 cm³/mol. The molecule has 0 saturated carbocycles. The number of thiophene rings is 2. The lowest BCUT2D eigenvalue weighted by atomic mass is 10.1. The minimum absolute atomic E-state index is 0.272. The Morgan fingerprint density at radius 3 is 1.76 bits per heavy atom. The van der Waals surface area contributed by atoms with Gasteiger partial charge >= 0.3 is 5.97 Å². The van der Waals surface area contributed by atoms with Crippen LogP contribution in [0.25, 0.3) is 36.7 Å². The summed E-state index contributed by atoms with van der Waals surface area (Å²) in [5.41, 5.74) is 3.89. The van der Waals surface area contributed by atoms with Gasteiger partial charge in [0.1, 0.15) is 23.1 Å². The molecule has 2 heterocycles. The molecule has 6 aromatic rings. The van der Waals surface area contributed by atoms with Gasteiger partial charge in [-0.25, -0.2) is 4.79 Å². The number of anilines is 3. The number of rotatable bonds is 8. The van der Waals surface area contributed by atoms with E-state index in [9.17, 15) is 9.90 Å². The highest BCUT2D eigenvalue weighted by molar-refractivity contribution is 7.23. The lowest BCUT2D eigenvalue weighted by molar-refractivity contribution is -0.132. The van der Waals surface area contributed by atoms with E-state index in [1.165, 1.54) is 17.4 Å². The fraction of sp³-hybridized carbons (Fsp3) is 0.0588. The minimum atomic E-state index is -1.22. The maximum absolute atomic E-state index is 11.2.